The summed E-state index contributed by atoms with van der Waals surface area (Å²) in [6.45, 7) is 2.04. The zero-order chi connectivity index (χ0) is 21.4. The number of benzene rings is 1. The first-order chi connectivity index (χ1) is 14.0. The molecule has 3 rings (SSSR count). The van der Waals surface area contributed by atoms with E-state index in [1.165, 1.54) is 0 Å². The third-order valence-electron chi connectivity index (χ3n) is 4.50. The highest BCUT2D eigenvalue weighted by Gasteiger charge is 2.36. The number of rotatable bonds is 6. The van der Waals surface area contributed by atoms with Gasteiger partial charge in [-0.1, -0.05) is 23.7 Å². The summed E-state index contributed by atoms with van der Waals surface area (Å²) in [5.74, 6) is 0.229. The molecular weight excluding hydrogens is 398 g/mol. The van der Waals surface area contributed by atoms with E-state index in [1.54, 1.807) is 18.3 Å². The monoisotopic (exact) mass is 423 g/mol. The molecule has 1 fully saturated rings. The molecule has 1 saturated heterocycles. The molecule has 158 valence electrons. The summed E-state index contributed by atoms with van der Waals surface area (Å²) in [5, 5.41) is 26.9. The van der Waals surface area contributed by atoms with Crippen LogP contribution >= 0.6 is 11.6 Å². The van der Waals surface area contributed by atoms with Gasteiger partial charge in [0, 0.05) is 30.7 Å². The van der Waals surface area contributed by atoms with Crippen LogP contribution in [0, 0.1) is 0 Å². The molecule has 0 radical (unpaired) electrons. The first-order valence-corrected chi connectivity index (χ1v) is 9.68. The minimum atomic E-state index is -1.15. The molecule has 29 heavy (non-hydrogen) atoms. The number of nitrogens with zero attached hydrogens (tertiary/aromatic N) is 1. The molecule has 8 heteroatoms. The predicted octanol–water partition coefficient (Wildman–Crippen LogP) is 2.09. The largest absolute Gasteiger partial charge is 0.492 e. The van der Waals surface area contributed by atoms with Crippen LogP contribution in [0.5, 0.6) is 5.75 Å². The quantitative estimate of drug-likeness (QED) is 0.652. The van der Waals surface area contributed by atoms with E-state index in [2.05, 4.69) is 4.98 Å². The van der Waals surface area contributed by atoms with Crippen LogP contribution in [0.25, 0.3) is 0 Å². The van der Waals surface area contributed by atoms with Crippen LogP contribution in [0.3, 0.4) is 0 Å². The minimum absolute atomic E-state index is 0.151. The standard InChI is InChI=1S/C20H22ClNO5.CH4O/c1-2-26-15-5-4-14(22-10-15)8-13-7-12(3-6-16(13)21)18-9-17(24)20(25)19(11-23)27-18;1-2/h3-7,10,17-19,23-24H,2,8-9,11H2,1H3;2H,1H3. The normalized spacial score (nSPS) is 21.3. The number of hydrogen-bond acceptors (Lipinski definition) is 7. The molecule has 1 aromatic heterocycles. The van der Waals surface area contributed by atoms with Gasteiger partial charge in [0.25, 0.3) is 0 Å². The number of pyridine rings is 1. The van der Waals surface area contributed by atoms with Gasteiger partial charge in [0.15, 0.2) is 5.78 Å². The van der Waals surface area contributed by atoms with Crippen LogP contribution in [0.15, 0.2) is 36.5 Å². The highest BCUT2D eigenvalue weighted by atomic mass is 35.5. The molecule has 1 aromatic carbocycles. The van der Waals surface area contributed by atoms with Crippen molar-refractivity contribution in [1.29, 1.82) is 0 Å². The number of carbonyl (C=O) groups excluding carboxylic acids is 1. The Labute approximate surface area is 174 Å². The zero-order valence-electron chi connectivity index (χ0n) is 16.4. The van der Waals surface area contributed by atoms with Crippen LogP contribution in [0.1, 0.15) is 36.3 Å². The Morgan fingerprint density at radius 3 is 2.66 bits per heavy atom. The third kappa shape index (κ3) is 5.98. The number of carbonyl (C=O) groups is 1. The molecular formula is C21H26ClNO6. The lowest BCUT2D eigenvalue weighted by atomic mass is 9.93. The Hall–Kier alpha value is -2.03. The number of halogens is 1. The lowest BCUT2D eigenvalue weighted by molar-refractivity contribution is -0.161. The van der Waals surface area contributed by atoms with Crippen molar-refractivity contribution in [3.8, 4) is 5.75 Å². The van der Waals surface area contributed by atoms with Crippen molar-refractivity contribution in [2.24, 2.45) is 0 Å². The van der Waals surface area contributed by atoms with E-state index >= 15 is 0 Å². The molecule has 3 N–H and O–H groups in total. The number of aliphatic hydroxyl groups excluding tert-OH is 3. The van der Waals surface area contributed by atoms with Gasteiger partial charge in [-0.2, -0.15) is 0 Å². The number of ether oxygens (including phenoxy) is 2. The fourth-order valence-corrected chi connectivity index (χ4v) is 3.28. The number of Topliss-reactive ketones (excluding diaryl/α,β-unsaturated/α-hetero) is 1. The molecule has 1 aliphatic rings. The molecule has 0 saturated carbocycles. The highest BCUT2D eigenvalue weighted by molar-refractivity contribution is 6.31. The van der Waals surface area contributed by atoms with Gasteiger partial charge < -0.3 is 24.8 Å². The van der Waals surface area contributed by atoms with Crippen molar-refractivity contribution in [3.63, 3.8) is 0 Å². The van der Waals surface area contributed by atoms with Gasteiger partial charge in [-0.15, -0.1) is 0 Å². The molecule has 3 unspecified atom stereocenters. The summed E-state index contributed by atoms with van der Waals surface area (Å²) < 4.78 is 11.1. The molecule has 1 aliphatic heterocycles. The van der Waals surface area contributed by atoms with E-state index in [4.69, 9.17) is 26.2 Å². The van der Waals surface area contributed by atoms with Crippen LogP contribution < -0.4 is 4.74 Å². The fraction of sp³-hybridized carbons (Fsp3) is 0.429. The van der Waals surface area contributed by atoms with E-state index in [0.29, 0.717) is 23.8 Å². The molecule has 0 amide bonds. The van der Waals surface area contributed by atoms with Crippen molar-refractivity contribution < 1.29 is 29.6 Å². The Morgan fingerprint density at radius 1 is 1.28 bits per heavy atom. The van der Waals surface area contributed by atoms with Crippen molar-refractivity contribution >= 4 is 17.4 Å². The summed E-state index contributed by atoms with van der Waals surface area (Å²) in [6.07, 6.45) is -0.291. The van der Waals surface area contributed by atoms with Gasteiger partial charge in [-0.05, 0) is 36.2 Å². The van der Waals surface area contributed by atoms with Gasteiger partial charge in [-0.3, -0.25) is 9.78 Å². The van der Waals surface area contributed by atoms with Crippen molar-refractivity contribution in [3.05, 3.63) is 58.4 Å². The highest BCUT2D eigenvalue weighted by Crippen LogP contribution is 2.32. The molecule has 3 atom stereocenters. The maximum absolute atomic E-state index is 11.8. The summed E-state index contributed by atoms with van der Waals surface area (Å²) in [4.78, 5) is 16.2. The van der Waals surface area contributed by atoms with E-state index < -0.39 is 30.7 Å². The summed E-state index contributed by atoms with van der Waals surface area (Å²) in [7, 11) is 1.00. The van der Waals surface area contributed by atoms with E-state index in [1.807, 2.05) is 25.1 Å². The molecule has 0 bridgehead atoms. The number of hydrogen-bond donors (Lipinski definition) is 3. The molecule has 0 spiro atoms. The number of aliphatic hydroxyl groups is 3. The van der Waals surface area contributed by atoms with E-state index in [0.717, 1.165) is 23.9 Å². The average Bonchev–Trinajstić information content (AvgIpc) is 2.74. The summed E-state index contributed by atoms with van der Waals surface area (Å²) in [5.41, 5.74) is 2.50. The molecule has 2 heterocycles. The number of ketones is 1. The SMILES string of the molecule is CCOc1ccc(Cc2cc(C3CC(O)C(=O)C(CO)O3)ccc2Cl)nc1.CO. The van der Waals surface area contributed by atoms with E-state index in [-0.39, 0.29) is 6.42 Å². The van der Waals surface area contributed by atoms with Gasteiger partial charge in [0.05, 0.1) is 25.5 Å². The lowest BCUT2D eigenvalue weighted by Gasteiger charge is -2.31. The van der Waals surface area contributed by atoms with Gasteiger partial charge >= 0.3 is 0 Å². The van der Waals surface area contributed by atoms with Crippen LogP contribution in [-0.4, -0.2) is 58.6 Å². The van der Waals surface area contributed by atoms with Gasteiger partial charge in [0.2, 0.25) is 0 Å². The van der Waals surface area contributed by atoms with Crippen molar-refractivity contribution in [2.45, 2.75) is 38.1 Å². The van der Waals surface area contributed by atoms with Gasteiger partial charge in [0.1, 0.15) is 18.0 Å². The first kappa shape index (κ1) is 23.3. The van der Waals surface area contributed by atoms with Crippen LogP contribution in [-0.2, 0) is 16.0 Å². The van der Waals surface area contributed by atoms with Crippen LogP contribution in [0.4, 0.5) is 0 Å². The number of aromatic nitrogens is 1. The predicted molar refractivity (Wildman–Crippen MR) is 108 cm³/mol. The summed E-state index contributed by atoms with van der Waals surface area (Å²) >= 11 is 6.34. The Morgan fingerprint density at radius 2 is 2.03 bits per heavy atom. The Kier molecular flexibility index (Phi) is 9.00. The maximum atomic E-state index is 11.8. The summed E-state index contributed by atoms with van der Waals surface area (Å²) in [6, 6.07) is 9.21. The smallest absolute Gasteiger partial charge is 0.192 e. The molecule has 2 aromatic rings. The molecule has 0 aliphatic carbocycles. The second kappa shape index (κ2) is 11.2. The topological polar surface area (TPSA) is 109 Å². The molecule has 7 nitrogen and oxygen atoms in total. The van der Waals surface area contributed by atoms with Crippen LogP contribution in [0.2, 0.25) is 5.02 Å². The second-order valence-electron chi connectivity index (χ2n) is 6.40. The van der Waals surface area contributed by atoms with Crippen molar-refractivity contribution in [2.75, 3.05) is 20.3 Å². The van der Waals surface area contributed by atoms with E-state index in [9.17, 15) is 15.0 Å². The fourth-order valence-electron chi connectivity index (χ4n) is 3.10. The Bertz CT molecular complexity index is 798. The first-order valence-electron chi connectivity index (χ1n) is 9.30. The average molecular weight is 424 g/mol. The zero-order valence-corrected chi connectivity index (χ0v) is 17.2. The minimum Gasteiger partial charge on any atom is -0.492 e. The lowest BCUT2D eigenvalue weighted by Crippen LogP contribution is -2.43. The van der Waals surface area contributed by atoms with Gasteiger partial charge in [-0.25, -0.2) is 0 Å². The van der Waals surface area contributed by atoms with Crippen molar-refractivity contribution in [1.82, 2.24) is 4.98 Å². The third-order valence-corrected chi connectivity index (χ3v) is 4.87. The maximum Gasteiger partial charge on any atom is 0.192 e. The Balaban J connectivity index is 0.00000145. The second-order valence-corrected chi connectivity index (χ2v) is 6.80.